The molecule has 4 heterocycles. The predicted molar refractivity (Wildman–Crippen MR) is 110 cm³/mol. The van der Waals surface area contributed by atoms with Crippen LogP contribution in [0.3, 0.4) is 0 Å². The molecule has 0 radical (unpaired) electrons. The number of likely N-dealkylation sites (tertiary alicyclic amines) is 1. The summed E-state index contributed by atoms with van der Waals surface area (Å²) in [5, 5.41) is 14.8. The summed E-state index contributed by atoms with van der Waals surface area (Å²) in [6.45, 7) is 6.01. The first kappa shape index (κ1) is 19.6. The van der Waals surface area contributed by atoms with Crippen molar-refractivity contribution in [3.8, 4) is 16.9 Å². The number of nitrogens with one attached hydrogen (secondary N) is 2. The summed E-state index contributed by atoms with van der Waals surface area (Å²) in [7, 11) is -2.39. The molecule has 2 N–H and O–H groups in total. The number of pyridine rings is 1. The Morgan fingerprint density at radius 3 is 2.97 bits per heavy atom. The van der Waals surface area contributed by atoms with E-state index in [4.69, 9.17) is 4.74 Å². The normalized spacial score (nSPS) is 20.4. The molecule has 156 valence electrons. The smallest absolute Gasteiger partial charge is 0.243 e. The van der Waals surface area contributed by atoms with Crippen LogP contribution in [-0.2, 0) is 10.7 Å². The number of aromatic nitrogens is 5. The maximum Gasteiger partial charge on any atom is 0.243 e. The monoisotopic (exact) mass is 419 g/mol. The highest BCUT2D eigenvalue weighted by atomic mass is 32.2. The number of piperidine rings is 1. The van der Waals surface area contributed by atoms with Crippen molar-refractivity contribution in [3.63, 3.8) is 0 Å². The number of aromatic amines is 1. The second kappa shape index (κ2) is 8.37. The van der Waals surface area contributed by atoms with Gasteiger partial charge in [-0.2, -0.15) is 10.1 Å². The zero-order chi connectivity index (χ0) is 20.4. The minimum atomic E-state index is -2.39. The van der Waals surface area contributed by atoms with Crippen molar-refractivity contribution in [2.45, 2.75) is 26.3 Å². The third-order valence-electron chi connectivity index (χ3n) is 5.18. The van der Waals surface area contributed by atoms with Crippen LogP contribution in [0.2, 0.25) is 0 Å². The van der Waals surface area contributed by atoms with E-state index in [1.807, 2.05) is 30.3 Å². The van der Waals surface area contributed by atoms with Gasteiger partial charge in [-0.1, -0.05) is 6.92 Å². The van der Waals surface area contributed by atoms with E-state index in [1.165, 1.54) is 0 Å². The predicted octanol–water partition coefficient (Wildman–Crippen LogP) is 1.21. The molecule has 10 nitrogen and oxygen atoms in total. The Labute approximate surface area is 170 Å². The van der Waals surface area contributed by atoms with Crippen molar-refractivity contribution in [3.05, 3.63) is 24.7 Å². The molecule has 1 aliphatic rings. The maximum atomic E-state index is 11.0. The van der Waals surface area contributed by atoms with Crippen molar-refractivity contribution >= 4 is 22.3 Å². The first-order chi connectivity index (χ1) is 14.0. The Morgan fingerprint density at radius 2 is 2.28 bits per heavy atom. The number of hydrogen-bond acceptors (Lipinski definition) is 8. The number of fused-ring (bicyclic) bond motifs is 1. The summed E-state index contributed by atoms with van der Waals surface area (Å²) in [5.41, 5.74) is 2.47. The number of nitrogens with zero attached hydrogens (tertiary/aromatic N) is 5. The Hall–Kier alpha value is -2.66. The van der Waals surface area contributed by atoms with Crippen molar-refractivity contribution in [1.82, 2.24) is 29.7 Å². The van der Waals surface area contributed by atoms with E-state index in [1.54, 1.807) is 10.7 Å². The summed E-state index contributed by atoms with van der Waals surface area (Å²) < 4.78 is 29.6. The standard InChI is InChI=1S/C18H25N7O3S/c1-3-28-16-14(13-8-19-20-9-13)4-7-25-17(16)22-18(23-25)21-15-5-6-24(10-12(15)2)11-29(26)27/h4,7-9,12,15,29H,3,5-6,10-11H2,1-2H3,(H,19,20)(H,21,23)/t12-,15+/m1/s1. The van der Waals surface area contributed by atoms with E-state index in [0.29, 0.717) is 24.0 Å². The molecule has 2 atom stereocenters. The van der Waals surface area contributed by atoms with Gasteiger partial charge in [-0.15, -0.1) is 5.10 Å². The summed E-state index contributed by atoms with van der Waals surface area (Å²) in [6.07, 6.45) is 6.25. The molecule has 1 saturated heterocycles. The second-order valence-electron chi connectivity index (χ2n) is 7.25. The number of ether oxygens (including phenoxy) is 1. The molecule has 4 rings (SSSR count). The number of rotatable bonds is 7. The Bertz CT molecular complexity index is 1040. The van der Waals surface area contributed by atoms with Gasteiger partial charge in [-0.3, -0.25) is 10.00 Å². The summed E-state index contributed by atoms with van der Waals surface area (Å²) in [6, 6.07) is 2.11. The number of H-pyrrole nitrogens is 1. The fraction of sp³-hybridized carbons (Fsp3) is 0.500. The third kappa shape index (κ3) is 4.20. The molecule has 3 aromatic heterocycles. The van der Waals surface area contributed by atoms with Crippen molar-refractivity contribution < 1.29 is 13.2 Å². The summed E-state index contributed by atoms with van der Waals surface area (Å²) >= 11 is 0. The number of hydrogen-bond donors (Lipinski definition) is 3. The first-order valence-electron chi connectivity index (χ1n) is 9.67. The lowest BCUT2D eigenvalue weighted by Gasteiger charge is -2.35. The quantitative estimate of drug-likeness (QED) is 0.489. The van der Waals surface area contributed by atoms with Gasteiger partial charge in [0.15, 0.2) is 22.1 Å². The highest BCUT2D eigenvalue weighted by Crippen LogP contribution is 2.33. The van der Waals surface area contributed by atoms with Gasteiger partial charge in [0.25, 0.3) is 0 Å². The van der Waals surface area contributed by atoms with E-state index < -0.39 is 10.7 Å². The summed E-state index contributed by atoms with van der Waals surface area (Å²) in [4.78, 5) is 6.64. The van der Waals surface area contributed by atoms with Gasteiger partial charge in [0.1, 0.15) is 0 Å². The molecule has 0 amide bonds. The van der Waals surface area contributed by atoms with E-state index in [9.17, 15) is 8.42 Å². The lowest BCUT2D eigenvalue weighted by molar-refractivity contribution is 0.196. The fourth-order valence-electron chi connectivity index (χ4n) is 3.80. The van der Waals surface area contributed by atoms with E-state index in [0.717, 1.165) is 30.6 Å². The van der Waals surface area contributed by atoms with Crippen LogP contribution in [0.25, 0.3) is 16.8 Å². The first-order valence-corrected chi connectivity index (χ1v) is 11.0. The van der Waals surface area contributed by atoms with Crippen molar-refractivity contribution in [2.24, 2.45) is 5.92 Å². The minimum Gasteiger partial charge on any atom is -0.489 e. The molecule has 11 heteroatoms. The molecular formula is C18H25N7O3S. The Balaban J connectivity index is 1.57. The molecule has 1 aliphatic heterocycles. The van der Waals surface area contributed by atoms with Gasteiger partial charge < -0.3 is 10.1 Å². The average Bonchev–Trinajstić information content (AvgIpc) is 3.33. The lowest BCUT2D eigenvalue weighted by Crippen LogP contribution is -2.45. The van der Waals surface area contributed by atoms with Gasteiger partial charge in [0.2, 0.25) is 5.95 Å². The van der Waals surface area contributed by atoms with Gasteiger partial charge in [-0.25, -0.2) is 12.9 Å². The molecule has 0 aromatic carbocycles. The largest absolute Gasteiger partial charge is 0.489 e. The lowest BCUT2D eigenvalue weighted by atomic mass is 9.94. The number of thiol groups is 1. The minimum absolute atomic E-state index is 0.119. The van der Waals surface area contributed by atoms with Crippen LogP contribution in [0.15, 0.2) is 24.7 Å². The molecule has 0 spiro atoms. The fourth-order valence-corrected chi connectivity index (χ4v) is 4.38. The SMILES string of the molecule is CCOc1c(-c2cn[nH]c2)ccn2nc(N[C@H]3CCN(C[SH](=O)=O)C[C@H]3C)nc12. The van der Waals surface area contributed by atoms with Crippen LogP contribution in [0.4, 0.5) is 5.95 Å². The van der Waals surface area contributed by atoms with E-state index in [-0.39, 0.29) is 17.8 Å². The van der Waals surface area contributed by atoms with Crippen LogP contribution in [0.5, 0.6) is 5.75 Å². The topological polar surface area (TPSA) is 118 Å². The Kier molecular flexibility index (Phi) is 5.67. The van der Waals surface area contributed by atoms with Crippen LogP contribution < -0.4 is 10.1 Å². The summed E-state index contributed by atoms with van der Waals surface area (Å²) in [5.74, 6) is 1.60. The molecule has 0 aliphatic carbocycles. The van der Waals surface area contributed by atoms with Crippen LogP contribution in [-0.4, -0.2) is 69.7 Å². The van der Waals surface area contributed by atoms with E-state index >= 15 is 0 Å². The van der Waals surface area contributed by atoms with Gasteiger partial charge in [0, 0.05) is 42.7 Å². The third-order valence-corrected chi connectivity index (χ3v) is 5.81. The highest BCUT2D eigenvalue weighted by molar-refractivity contribution is 7.72. The van der Waals surface area contributed by atoms with Gasteiger partial charge >= 0.3 is 0 Å². The molecule has 0 unspecified atom stereocenters. The average molecular weight is 420 g/mol. The second-order valence-corrected chi connectivity index (χ2v) is 8.20. The molecular weight excluding hydrogens is 394 g/mol. The maximum absolute atomic E-state index is 11.0. The Morgan fingerprint density at radius 1 is 1.41 bits per heavy atom. The van der Waals surface area contributed by atoms with Gasteiger partial charge in [-0.05, 0) is 25.3 Å². The van der Waals surface area contributed by atoms with Crippen LogP contribution >= 0.6 is 0 Å². The zero-order valence-electron chi connectivity index (χ0n) is 16.4. The van der Waals surface area contributed by atoms with Crippen molar-refractivity contribution in [2.75, 3.05) is 30.9 Å². The number of anilines is 1. The van der Waals surface area contributed by atoms with E-state index in [2.05, 4.69) is 32.5 Å². The van der Waals surface area contributed by atoms with Crippen LogP contribution in [0, 0.1) is 5.92 Å². The zero-order valence-corrected chi connectivity index (χ0v) is 17.3. The molecule has 0 bridgehead atoms. The molecule has 3 aromatic rings. The van der Waals surface area contributed by atoms with Gasteiger partial charge in [0.05, 0.1) is 18.7 Å². The molecule has 29 heavy (non-hydrogen) atoms. The molecule has 0 saturated carbocycles. The van der Waals surface area contributed by atoms with Crippen molar-refractivity contribution in [1.29, 1.82) is 0 Å². The van der Waals surface area contributed by atoms with Crippen LogP contribution in [0.1, 0.15) is 20.3 Å². The molecule has 1 fully saturated rings. The highest BCUT2D eigenvalue weighted by Gasteiger charge is 2.27.